The van der Waals surface area contributed by atoms with Crippen molar-refractivity contribution in [2.24, 2.45) is 0 Å². The van der Waals surface area contributed by atoms with Crippen LogP contribution in [0.1, 0.15) is 49.8 Å². The second-order valence-corrected chi connectivity index (χ2v) is 5.80. The van der Waals surface area contributed by atoms with E-state index in [1.165, 1.54) is 30.4 Å². The van der Waals surface area contributed by atoms with Gasteiger partial charge in [0, 0.05) is 24.8 Å². The molecule has 112 valence electrons. The Labute approximate surface area is 122 Å². The van der Waals surface area contributed by atoms with Crippen LogP contribution in [-0.4, -0.2) is 26.4 Å². The second-order valence-electron chi connectivity index (χ2n) is 5.80. The summed E-state index contributed by atoms with van der Waals surface area (Å²) >= 11 is 0. The molecule has 0 aromatic heterocycles. The van der Waals surface area contributed by atoms with Crippen molar-refractivity contribution < 1.29 is 9.47 Å². The van der Waals surface area contributed by atoms with Crippen LogP contribution in [0, 0.1) is 6.92 Å². The van der Waals surface area contributed by atoms with Crippen molar-refractivity contribution >= 4 is 0 Å². The van der Waals surface area contributed by atoms with Gasteiger partial charge in [0.25, 0.3) is 0 Å². The molecule has 1 saturated carbocycles. The maximum Gasteiger partial charge on any atom is 0.123 e. The van der Waals surface area contributed by atoms with E-state index in [-0.39, 0.29) is 6.04 Å². The van der Waals surface area contributed by atoms with Crippen LogP contribution in [0.3, 0.4) is 0 Å². The van der Waals surface area contributed by atoms with Gasteiger partial charge in [-0.25, -0.2) is 0 Å². The van der Waals surface area contributed by atoms with Gasteiger partial charge in [0.1, 0.15) is 5.75 Å². The number of hydrogen-bond acceptors (Lipinski definition) is 3. The molecule has 2 rings (SSSR count). The molecule has 0 heterocycles. The smallest absolute Gasteiger partial charge is 0.123 e. The quantitative estimate of drug-likeness (QED) is 0.892. The first-order valence-electron chi connectivity index (χ1n) is 7.59. The molecule has 0 aliphatic heterocycles. The van der Waals surface area contributed by atoms with Gasteiger partial charge >= 0.3 is 0 Å². The fourth-order valence-corrected chi connectivity index (χ4v) is 3.17. The van der Waals surface area contributed by atoms with Gasteiger partial charge in [-0.2, -0.15) is 0 Å². The molecule has 0 bridgehead atoms. The van der Waals surface area contributed by atoms with Gasteiger partial charge < -0.3 is 14.8 Å². The third-order valence-electron chi connectivity index (χ3n) is 4.32. The summed E-state index contributed by atoms with van der Waals surface area (Å²) in [5.41, 5.74) is 2.49. The molecule has 0 amide bonds. The number of benzene rings is 1. The Balaban J connectivity index is 2.10. The largest absolute Gasteiger partial charge is 0.496 e. The van der Waals surface area contributed by atoms with Crippen molar-refractivity contribution in [3.05, 3.63) is 29.3 Å². The van der Waals surface area contributed by atoms with Crippen LogP contribution in [-0.2, 0) is 4.74 Å². The van der Waals surface area contributed by atoms with Crippen molar-refractivity contribution in [2.75, 3.05) is 14.2 Å². The topological polar surface area (TPSA) is 30.5 Å². The van der Waals surface area contributed by atoms with E-state index in [0.717, 1.165) is 12.2 Å². The molecule has 0 spiro atoms. The van der Waals surface area contributed by atoms with E-state index in [2.05, 4.69) is 37.4 Å². The second kappa shape index (κ2) is 7.09. The Hall–Kier alpha value is -1.06. The summed E-state index contributed by atoms with van der Waals surface area (Å²) in [6.07, 6.45) is 5.25. The number of methoxy groups -OCH3 is 2. The molecule has 0 radical (unpaired) electrons. The molecule has 1 N–H and O–H groups in total. The molecule has 1 fully saturated rings. The Morgan fingerprint density at radius 3 is 2.65 bits per heavy atom. The van der Waals surface area contributed by atoms with Gasteiger partial charge in [0.15, 0.2) is 0 Å². The van der Waals surface area contributed by atoms with Crippen molar-refractivity contribution in [3.63, 3.8) is 0 Å². The van der Waals surface area contributed by atoms with Gasteiger partial charge in [-0.15, -0.1) is 0 Å². The maximum absolute atomic E-state index is 5.63. The van der Waals surface area contributed by atoms with Gasteiger partial charge in [0.2, 0.25) is 0 Å². The number of nitrogens with one attached hydrogen (secondary N) is 1. The highest BCUT2D eigenvalue weighted by molar-refractivity contribution is 5.38. The zero-order chi connectivity index (χ0) is 14.5. The number of hydrogen-bond donors (Lipinski definition) is 1. The monoisotopic (exact) mass is 277 g/mol. The molecule has 1 aromatic carbocycles. The standard InChI is InChI=1S/C17H27NO2/c1-12-9-10-16(19-3)14(11-12)13(2)18-15-7-5-6-8-17(15)20-4/h9-11,13,15,17-18H,5-8H2,1-4H3. The minimum atomic E-state index is 0.269. The first-order valence-corrected chi connectivity index (χ1v) is 7.59. The number of aryl methyl sites for hydroxylation is 1. The normalized spacial score (nSPS) is 24.4. The molecule has 3 nitrogen and oxygen atoms in total. The summed E-state index contributed by atoms with van der Waals surface area (Å²) < 4.78 is 11.1. The molecule has 0 saturated heterocycles. The van der Waals surface area contributed by atoms with Crippen LogP contribution in [0.4, 0.5) is 0 Å². The Morgan fingerprint density at radius 2 is 1.95 bits per heavy atom. The summed E-state index contributed by atoms with van der Waals surface area (Å²) in [5.74, 6) is 0.959. The highest BCUT2D eigenvalue weighted by Gasteiger charge is 2.26. The molecule has 20 heavy (non-hydrogen) atoms. The van der Waals surface area contributed by atoms with Crippen LogP contribution in [0.2, 0.25) is 0 Å². The molecule has 3 atom stereocenters. The van der Waals surface area contributed by atoms with E-state index in [4.69, 9.17) is 9.47 Å². The molecule has 1 aliphatic carbocycles. The van der Waals surface area contributed by atoms with Crippen LogP contribution >= 0.6 is 0 Å². The Bertz CT molecular complexity index is 433. The first-order chi connectivity index (χ1) is 9.65. The summed E-state index contributed by atoms with van der Waals surface area (Å²) in [5, 5.41) is 3.73. The van der Waals surface area contributed by atoms with Gasteiger partial charge in [-0.3, -0.25) is 0 Å². The summed E-state index contributed by atoms with van der Waals surface area (Å²) in [7, 11) is 3.56. The highest BCUT2D eigenvalue weighted by Crippen LogP contribution is 2.29. The number of ether oxygens (including phenoxy) is 2. The van der Waals surface area contributed by atoms with Crippen molar-refractivity contribution in [2.45, 2.75) is 57.7 Å². The lowest BCUT2D eigenvalue weighted by atomic mass is 9.91. The summed E-state index contributed by atoms with van der Waals surface area (Å²) in [6.45, 7) is 4.33. The average Bonchev–Trinajstić information content (AvgIpc) is 2.47. The Kier molecular flexibility index (Phi) is 5.44. The number of rotatable bonds is 5. The zero-order valence-electron chi connectivity index (χ0n) is 13.1. The van der Waals surface area contributed by atoms with E-state index in [0.29, 0.717) is 12.1 Å². The average molecular weight is 277 g/mol. The van der Waals surface area contributed by atoms with Crippen molar-refractivity contribution in [3.8, 4) is 5.75 Å². The van der Waals surface area contributed by atoms with Crippen LogP contribution < -0.4 is 10.1 Å². The third-order valence-corrected chi connectivity index (χ3v) is 4.32. The first kappa shape index (κ1) is 15.3. The summed E-state index contributed by atoms with van der Waals surface area (Å²) in [4.78, 5) is 0. The predicted molar refractivity (Wildman–Crippen MR) is 82.3 cm³/mol. The molecule has 1 aliphatic rings. The van der Waals surface area contributed by atoms with Gasteiger partial charge in [-0.05, 0) is 32.8 Å². The van der Waals surface area contributed by atoms with E-state index < -0.39 is 0 Å². The van der Waals surface area contributed by atoms with Crippen LogP contribution in [0.5, 0.6) is 5.75 Å². The molecule has 1 aromatic rings. The predicted octanol–water partition coefficient (Wildman–Crippen LogP) is 3.61. The van der Waals surface area contributed by atoms with E-state index in [1.54, 1.807) is 7.11 Å². The van der Waals surface area contributed by atoms with E-state index in [1.807, 2.05) is 7.11 Å². The van der Waals surface area contributed by atoms with Crippen LogP contribution in [0.15, 0.2) is 18.2 Å². The van der Waals surface area contributed by atoms with E-state index >= 15 is 0 Å². The van der Waals surface area contributed by atoms with Crippen molar-refractivity contribution in [1.29, 1.82) is 0 Å². The van der Waals surface area contributed by atoms with Gasteiger partial charge in [-0.1, -0.05) is 30.5 Å². The molecular weight excluding hydrogens is 250 g/mol. The molecule has 3 heteroatoms. The maximum atomic E-state index is 5.63. The van der Waals surface area contributed by atoms with Crippen molar-refractivity contribution in [1.82, 2.24) is 5.32 Å². The van der Waals surface area contributed by atoms with E-state index in [9.17, 15) is 0 Å². The lowest BCUT2D eigenvalue weighted by molar-refractivity contribution is 0.0383. The molecular formula is C17H27NO2. The lowest BCUT2D eigenvalue weighted by Gasteiger charge is -2.33. The molecule has 3 unspecified atom stereocenters. The van der Waals surface area contributed by atoms with Gasteiger partial charge in [0.05, 0.1) is 13.2 Å². The minimum Gasteiger partial charge on any atom is -0.496 e. The fourth-order valence-electron chi connectivity index (χ4n) is 3.17. The zero-order valence-corrected chi connectivity index (χ0v) is 13.1. The van der Waals surface area contributed by atoms with Crippen LogP contribution in [0.25, 0.3) is 0 Å². The third kappa shape index (κ3) is 3.53. The SMILES string of the molecule is COc1ccc(C)cc1C(C)NC1CCCCC1OC. The fraction of sp³-hybridized carbons (Fsp3) is 0.647. The Morgan fingerprint density at radius 1 is 1.20 bits per heavy atom. The lowest BCUT2D eigenvalue weighted by Crippen LogP contribution is -2.44. The highest BCUT2D eigenvalue weighted by atomic mass is 16.5. The summed E-state index contributed by atoms with van der Waals surface area (Å²) in [6, 6.07) is 7.06. The minimum absolute atomic E-state index is 0.269.